The fourth-order valence-electron chi connectivity index (χ4n) is 1.92. The summed E-state index contributed by atoms with van der Waals surface area (Å²) in [4.78, 5) is 22.9. The Balaban J connectivity index is 2.37. The SMILES string of the molecule is CCOC(=O)C(C)(C)CCCOc1ccc(C(C)=O)cc1. The maximum absolute atomic E-state index is 11.7. The summed E-state index contributed by atoms with van der Waals surface area (Å²) in [5, 5.41) is 0. The fourth-order valence-corrected chi connectivity index (χ4v) is 1.92. The number of Topliss-reactive ketones (excluding diaryl/α,β-unsaturated/α-hetero) is 1. The Morgan fingerprint density at radius 2 is 1.76 bits per heavy atom. The second-order valence-corrected chi connectivity index (χ2v) is 5.64. The van der Waals surface area contributed by atoms with E-state index >= 15 is 0 Å². The molecule has 0 radical (unpaired) electrons. The summed E-state index contributed by atoms with van der Waals surface area (Å²) in [6.07, 6.45) is 1.47. The van der Waals surface area contributed by atoms with Crippen LogP contribution in [0.2, 0.25) is 0 Å². The Morgan fingerprint density at radius 3 is 2.29 bits per heavy atom. The molecule has 0 aliphatic rings. The third-order valence-corrected chi connectivity index (χ3v) is 3.30. The smallest absolute Gasteiger partial charge is 0.311 e. The topological polar surface area (TPSA) is 52.6 Å². The number of esters is 1. The summed E-state index contributed by atoms with van der Waals surface area (Å²) in [5.74, 6) is 0.600. The number of carbonyl (C=O) groups is 2. The van der Waals surface area contributed by atoms with Crippen LogP contribution in [-0.2, 0) is 9.53 Å². The van der Waals surface area contributed by atoms with Gasteiger partial charge in [-0.15, -0.1) is 0 Å². The third-order valence-electron chi connectivity index (χ3n) is 3.30. The Labute approximate surface area is 126 Å². The van der Waals surface area contributed by atoms with Gasteiger partial charge in [0.2, 0.25) is 0 Å². The average molecular weight is 292 g/mol. The van der Waals surface area contributed by atoms with E-state index in [1.165, 1.54) is 6.92 Å². The van der Waals surface area contributed by atoms with Crippen LogP contribution in [-0.4, -0.2) is 25.0 Å². The number of ether oxygens (including phenoxy) is 2. The monoisotopic (exact) mass is 292 g/mol. The quantitative estimate of drug-likeness (QED) is 0.417. The standard InChI is InChI=1S/C17H24O4/c1-5-20-16(19)17(3,4)11-6-12-21-15-9-7-14(8-10-15)13(2)18/h7-10H,5-6,11-12H2,1-4H3. The van der Waals surface area contributed by atoms with Crippen molar-refractivity contribution in [2.45, 2.75) is 40.5 Å². The first-order valence-corrected chi connectivity index (χ1v) is 7.28. The predicted molar refractivity (Wildman–Crippen MR) is 81.6 cm³/mol. The second kappa shape index (κ2) is 7.81. The van der Waals surface area contributed by atoms with E-state index in [2.05, 4.69) is 0 Å². The third kappa shape index (κ3) is 5.58. The van der Waals surface area contributed by atoms with Crippen molar-refractivity contribution < 1.29 is 19.1 Å². The average Bonchev–Trinajstić information content (AvgIpc) is 2.44. The van der Waals surface area contributed by atoms with E-state index < -0.39 is 5.41 Å². The van der Waals surface area contributed by atoms with E-state index in [0.29, 0.717) is 25.2 Å². The summed E-state index contributed by atoms with van der Waals surface area (Å²) < 4.78 is 10.7. The molecule has 0 aliphatic heterocycles. The molecule has 1 rings (SSSR count). The minimum atomic E-state index is -0.488. The van der Waals surface area contributed by atoms with E-state index in [1.54, 1.807) is 24.3 Å². The van der Waals surface area contributed by atoms with Crippen molar-refractivity contribution in [3.63, 3.8) is 0 Å². The Bertz CT molecular complexity index is 474. The highest BCUT2D eigenvalue weighted by Crippen LogP contribution is 2.24. The lowest BCUT2D eigenvalue weighted by molar-refractivity contribution is -0.153. The number of rotatable bonds is 8. The van der Waals surface area contributed by atoms with Crippen LogP contribution in [0.25, 0.3) is 0 Å². The minimum Gasteiger partial charge on any atom is -0.494 e. The van der Waals surface area contributed by atoms with Crippen molar-refractivity contribution in [1.82, 2.24) is 0 Å². The molecule has 1 aromatic carbocycles. The highest BCUT2D eigenvalue weighted by molar-refractivity contribution is 5.94. The van der Waals surface area contributed by atoms with Crippen LogP contribution < -0.4 is 4.74 Å². The van der Waals surface area contributed by atoms with Gasteiger partial charge in [-0.05, 0) is 64.8 Å². The fraction of sp³-hybridized carbons (Fsp3) is 0.529. The predicted octanol–water partition coefficient (Wildman–Crippen LogP) is 3.64. The molecular formula is C17H24O4. The first kappa shape index (κ1) is 17.2. The zero-order chi connectivity index (χ0) is 15.9. The van der Waals surface area contributed by atoms with Gasteiger partial charge in [0, 0.05) is 5.56 Å². The van der Waals surface area contributed by atoms with E-state index in [0.717, 1.165) is 12.2 Å². The van der Waals surface area contributed by atoms with Crippen LogP contribution in [0.4, 0.5) is 0 Å². The molecule has 21 heavy (non-hydrogen) atoms. The first-order valence-electron chi connectivity index (χ1n) is 7.28. The normalized spacial score (nSPS) is 11.0. The van der Waals surface area contributed by atoms with Crippen molar-refractivity contribution in [2.75, 3.05) is 13.2 Å². The van der Waals surface area contributed by atoms with Gasteiger partial charge in [-0.3, -0.25) is 9.59 Å². The Morgan fingerprint density at radius 1 is 1.14 bits per heavy atom. The van der Waals surface area contributed by atoms with Crippen LogP contribution in [0.15, 0.2) is 24.3 Å². The number of hydrogen-bond acceptors (Lipinski definition) is 4. The number of benzene rings is 1. The van der Waals surface area contributed by atoms with Crippen LogP contribution in [0.5, 0.6) is 5.75 Å². The van der Waals surface area contributed by atoms with Crippen LogP contribution in [0, 0.1) is 5.41 Å². The number of ketones is 1. The highest BCUT2D eigenvalue weighted by Gasteiger charge is 2.28. The van der Waals surface area contributed by atoms with Gasteiger partial charge in [0.25, 0.3) is 0 Å². The zero-order valence-electron chi connectivity index (χ0n) is 13.3. The minimum absolute atomic E-state index is 0.0396. The molecule has 4 nitrogen and oxygen atoms in total. The molecule has 0 heterocycles. The molecule has 0 unspecified atom stereocenters. The summed E-state index contributed by atoms with van der Waals surface area (Å²) in [6, 6.07) is 7.07. The van der Waals surface area contributed by atoms with Crippen molar-refractivity contribution in [1.29, 1.82) is 0 Å². The first-order chi connectivity index (χ1) is 9.86. The molecule has 0 aromatic heterocycles. The van der Waals surface area contributed by atoms with Crippen molar-refractivity contribution >= 4 is 11.8 Å². The van der Waals surface area contributed by atoms with Gasteiger partial charge >= 0.3 is 5.97 Å². The molecule has 4 heteroatoms. The molecule has 116 valence electrons. The lowest BCUT2D eigenvalue weighted by Gasteiger charge is -2.22. The summed E-state index contributed by atoms with van der Waals surface area (Å²) in [7, 11) is 0. The van der Waals surface area contributed by atoms with E-state index in [1.807, 2.05) is 20.8 Å². The molecule has 0 saturated carbocycles. The molecule has 1 aromatic rings. The van der Waals surface area contributed by atoms with Gasteiger partial charge in [0.15, 0.2) is 5.78 Å². The maximum atomic E-state index is 11.7. The van der Waals surface area contributed by atoms with Crippen molar-refractivity contribution in [3.8, 4) is 5.75 Å². The zero-order valence-corrected chi connectivity index (χ0v) is 13.3. The van der Waals surface area contributed by atoms with Gasteiger partial charge in [-0.1, -0.05) is 0 Å². The van der Waals surface area contributed by atoms with Crippen LogP contribution in [0.3, 0.4) is 0 Å². The van der Waals surface area contributed by atoms with Gasteiger partial charge in [-0.25, -0.2) is 0 Å². The number of hydrogen-bond donors (Lipinski definition) is 0. The van der Waals surface area contributed by atoms with Crippen LogP contribution >= 0.6 is 0 Å². The van der Waals surface area contributed by atoms with Gasteiger partial charge in [0.1, 0.15) is 5.75 Å². The van der Waals surface area contributed by atoms with E-state index in [4.69, 9.17) is 9.47 Å². The molecule has 0 N–H and O–H groups in total. The summed E-state index contributed by atoms with van der Waals surface area (Å²) in [6.45, 7) is 8.04. The van der Waals surface area contributed by atoms with Crippen LogP contribution in [0.1, 0.15) is 50.9 Å². The molecule has 0 bridgehead atoms. The summed E-state index contributed by atoms with van der Waals surface area (Å²) >= 11 is 0. The molecular weight excluding hydrogens is 268 g/mol. The summed E-state index contributed by atoms with van der Waals surface area (Å²) in [5.41, 5.74) is 0.184. The lowest BCUT2D eigenvalue weighted by Crippen LogP contribution is -2.27. The highest BCUT2D eigenvalue weighted by atomic mass is 16.5. The van der Waals surface area contributed by atoms with Gasteiger partial charge in [0.05, 0.1) is 18.6 Å². The molecule has 0 saturated heterocycles. The van der Waals surface area contributed by atoms with E-state index in [-0.39, 0.29) is 11.8 Å². The Kier molecular flexibility index (Phi) is 6.40. The largest absolute Gasteiger partial charge is 0.494 e. The molecule has 0 amide bonds. The second-order valence-electron chi connectivity index (χ2n) is 5.64. The molecule has 0 atom stereocenters. The number of carbonyl (C=O) groups excluding carboxylic acids is 2. The lowest BCUT2D eigenvalue weighted by atomic mass is 9.88. The molecule has 0 fully saturated rings. The van der Waals surface area contributed by atoms with E-state index in [9.17, 15) is 9.59 Å². The van der Waals surface area contributed by atoms with Gasteiger partial charge in [-0.2, -0.15) is 0 Å². The van der Waals surface area contributed by atoms with Gasteiger partial charge < -0.3 is 9.47 Å². The molecule has 0 aliphatic carbocycles. The van der Waals surface area contributed by atoms with Crippen molar-refractivity contribution in [2.24, 2.45) is 5.41 Å². The molecule has 0 spiro atoms. The Hall–Kier alpha value is -1.84. The maximum Gasteiger partial charge on any atom is 0.311 e. The van der Waals surface area contributed by atoms with Crippen molar-refractivity contribution in [3.05, 3.63) is 29.8 Å².